The first-order chi connectivity index (χ1) is 11.9. The van der Waals surface area contributed by atoms with E-state index >= 15 is 0 Å². The highest BCUT2D eigenvalue weighted by Gasteiger charge is 2.43. The fourth-order valence-electron chi connectivity index (χ4n) is 6.39. The van der Waals surface area contributed by atoms with Gasteiger partial charge in [-0.3, -0.25) is 0 Å². The molecule has 3 N–H and O–H groups in total. The molecule has 0 amide bonds. The van der Waals surface area contributed by atoms with Crippen LogP contribution in [0.3, 0.4) is 0 Å². The number of hydrogen-bond donors (Lipinski definition) is 3. The Labute approximate surface area is 150 Å². The van der Waals surface area contributed by atoms with Crippen molar-refractivity contribution in [1.29, 1.82) is 0 Å². The summed E-state index contributed by atoms with van der Waals surface area (Å²) in [4.78, 5) is 0. The van der Waals surface area contributed by atoms with Crippen molar-refractivity contribution in [2.24, 2.45) is 11.8 Å². The summed E-state index contributed by atoms with van der Waals surface area (Å²) in [7, 11) is 1.01. The van der Waals surface area contributed by atoms with Crippen LogP contribution in [0.4, 0.5) is 0 Å². The second-order valence-electron chi connectivity index (χ2n) is 9.12. The summed E-state index contributed by atoms with van der Waals surface area (Å²) in [6.45, 7) is 1.12. The monoisotopic (exact) mass is 327 g/mol. The highest BCUT2D eigenvalue weighted by molar-refractivity contribution is 6.83. The van der Waals surface area contributed by atoms with Gasteiger partial charge in [0, 0.05) is 0 Å². The molecule has 0 bridgehead atoms. The lowest BCUT2D eigenvalue weighted by Gasteiger charge is -2.44. The lowest BCUT2D eigenvalue weighted by Crippen LogP contribution is -2.72. The van der Waals surface area contributed by atoms with E-state index < -0.39 is 0 Å². The van der Waals surface area contributed by atoms with Crippen molar-refractivity contribution in [2.75, 3.05) is 0 Å². The zero-order valence-electron chi connectivity index (χ0n) is 15.6. The minimum absolute atomic E-state index is 0.561. The third kappa shape index (κ3) is 4.07. The third-order valence-corrected chi connectivity index (χ3v) is 7.68. The molecule has 2 atom stereocenters. The summed E-state index contributed by atoms with van der Waals surface area (Å²) >= 11 is 0. The van der Waals surface area contributed by atoms with Crippen molar-refractivity contribution in [3.8, 4) is 0 Å². The topological polar surface area (TPSA) is 36.1 Å². The van der Waals surface area contributed by atoms with Gasteiger partial charge in [0.1, 0.15) is 0 Å². The van der Waals surface area contributed by atoms with E-state index in [4.69, 9.17) is 0 Å². The molecule has 1 heterocycles. The lowest BCUT2D eigenvalue weighted by molar-refractivity contribution is 0.193. The first kappa shape index (κ1) is 17.5. The van der Waals surface area contributed by atoms with Crippen LogP contribution in [0.25, 0.3) is 0 Å². The van der Waals surface area contributed by atoms with Crippen LogP contribution in [0.2, 0.25) is 11.6 Å². The molecule has 0 spiro atoms. The van der Waals surface area contributed by atoms with Crippen LogP contribution in [0.5, 0.6) is 0 Å². The predicted molar refractivity (Wildman–Crippen MR) is 107 cm³/mol. The van der Waals surface area contributed by atoms with Gasteiger partial charge in [-0.15, -0.1) is 0 Å². The standard InChI is InChI=1S/C18H36B3N3/c1-3-9-15(10-4-1)17-13-7-8-14-18(17)21-23-19-22-20(24-21)16-11-5-2-6-12-16/h15-19,22-24H,1-14H2. The Kier molecular flexibility index (Phi) is 6.30. The summed E-state index contributed by atoms with van der Waals surface area (Å²) in [6.07, 6.45) is 20.6. The second kappa shape index (κ2) is 8.64. The summed E-state index contributed by atoms with van der Waals surface area (Å²) < 4.78 is 0. The average Bonchev–Trinajstić information content (AvgIpc) is 2.69. The number of hydrogen-bond acceptors (Lipinski definition) is 3. The van der Waals surface area contributed by atoms with Crippen molar-refractivity contribution < 1.29 is 0 Å². The molecule has 3 nitrogen and oxygen atoms in total. The number of rotatable bonds is 3. The first-order valence-corrected chi connectivity index (χ1v) is 11.1. The lowest BCUT2D eigenvalue weighted by atomic mass is 9.41. The summed E-state index contributed by atoms with van der Waals surface area (Å²) in [5, 5.41) is 11.6. The van der Waals surface area contributed by atoms with Crippen LogP contribution >= 0.6 is 0 Å². The minimum Gasteiger partial charge on any atom is -0.374 e. The van der Waals surface area contributed by atoms with Crippen LogP contribution in [0.1, 0.15) is 89.9 Å². The maximum absolute atomic E-state index is 4.04. The molecule has 0 aromatic rings. The van der Waals surface area contributed by atoms with Crippen LogP contribution in [-0.2, 0) is 0 Å². The molecule has 0 radical (unpaired) electrons. The fraction of sp³-hybridized carbons (Fsp3) is 1.00. The quantitative estimate of drug-likeness (QED) is 0.695. The van der Waals surface area contributed by atoms with Gasteiger partial charge >= 0.3 is 0 Å². The second-order valence-corrected chi connectivity index (χ2v) is 9.12. The van der Waals surface area contributed by atoms with E-state index in [1.807, 2.05) is 0 Å². The van der Waals surface area contributed by atoms with E-state index in [9.17, 15) is 0 Å². The predicted octanol–water partition coefficient (Wildman–Crippen LogP) is 3.49. The zero-order chi connectivity index (χ0) is 16.2. The molecule has 6 heteroatoms. The molecule has 132 valence electrons. The molecular formula is C18H36B3N3. The van der Waals surface area contributed by atoms with E-state index in [0.29, 0.717) is 14.0 Å². The molecular weight excluding hydrogens is 291 g/mol. The Hall–Kier alpha value is 0.0748. The van der Waals surface area contributed by atoms with Crippen molar-refractivity contribution in [3.63, 3.8) is 0 Å². The molecule has 4 rings (SSSR count). The SMILES string of the molecule is B1NB(C2CCCCC2)NB(C2CCCCC2C2CCCCC2)N1. The summed E-state index contributed by atoms with van der Waals surface area (Å²) in [6, 6.07) is 0. The van der Waals surface area contributed by atoms with Gasteiger partial charge in [0.2, 0.25) is 0 Å². The van der Waals surface area contributed by atoms with Crippen molar-refractivity contribution in [1.82, 2.24) is 15.4 Å². The largest absolute Gasteiger partial charge is 0.374 e. The number of nitrogens with one attached hydrogen (secondary N) is 3. The molecule has 0 aromatic heterocycles. The molecule has 2 unspecified atom stereocenters. The molecule has 24 heavy (non-hydrogen) atoms. The van der Waals surface area contributed by atoms with Crippen molar-refractivity contribution >= 4 is 21.5 Å². The third-order valence-electron chi connectivity index (χ3n) is 7.68. The Morgan fingerprint density at radius 3 is 2.04 bits per heavy atom. The molecule has 4 fully saturated rings. The average molecular weight is 327 g/mol. The van der Waals surface area contributed by atoms with E-state index in [2.05, 4.69) is 15.4 Å². The molecule has 0 aromatic carbocycles. The van der Waals surface area contributed by atoms with E-state index in [0.717, 1.165) is 31.0 Å². The van der Waals surface area contributed by atoms with Gasteiger partial charge < -0.3 is 15.4 Å². The molecule has 3 aliphatic carbocycles. The normalized spacial score (nSPS) is 34.2. The highest BCUT2D eigenvalue weighted by Crippen LogP contribution is 2.45. The van der Waals surface area contributed by atoms with Gasteiger partial charge in [0.05, 0.1) is 0 Å². The van der Waals surface area contributed by atoms with E-state index in [-0.39, 0.29) is 0 Å². The summed E-state index contributed by atoms with van der Waals surface area (Å²) in [5.74, 6) is 3.74. The van der Waals surface area contributed by atoms with Gasteiger partial charge in [-0.25, -0.2) is 0 Å². The van der Waals surface area contributed by atoms with Gasteiger partial charge in [-0.05, 0) is 23.5 Å². The fourth-order valence-corrected chi connectivity index (χ4v) is 6.39. The zero-order valence-corrected chi connectivity index (χ0v) is 15.6. The van der Waals surface area contributed by atoms with Crippen LogP contribution in [0.15, 0.2) is 0 Å². The maximum atomic E-state index is 4.04. The van der Waals surface area contributed by atoms with Gasteiger partial charge in [-0.2, -0.15) is 0 Å². The minimum atomic E-state index is 0.561. The molecule has 1 saturated heterocycles. The molecule has 1 aliphatic heterocycles. The van der Waals surface area contributed by atoms with Gasteiger partial charge in [-0.1, -0.05) is 89.9 Å². The Morgan fingerprint density at radius 2 is 1.25 bits per heavy atom. The van der Waals surface area contributed by atoms with Gasteiger partial charge in [0.25, 0.3) is 21.5 Å². The van der Waals surface area contributed by atoms with Crippen molar-refractivity contribution in [3.05, 3.63) is 0 Å². The maximum Gasteiger partial charge on any atom is 0.288 e. The molecule has 3 saturated carbocycles. The Balaban J connectivity index is 1.39. The van der Waals surface area contributed by atoms with E-state index in [1.165, 1.54) is 89.9 Å². The molecule has 4 aliphatic rings. The van der Waals surface area contributed by atoms with Crippen molar-refractivity contribution in [2.45, 2.75) is 102 Å². The summed E-state index contributed by atoms with van der Waals surface area (Å²) in [5.41, 5.74) is 0. The van der Waals surface area contributed by atoms with Crippen LogP contribution in [0, 0.1) is 11.8 Å². The van der Waals surface area contributed by atoms with Gasteiger partial charge in [0.15, 0.2) is 0 Å². The highest BCUT2D eigenvalue weighted by atomic mass is 15.0. The Bertz CT molecular complexity index is 386. The first-order valence-electron chi connectivity index (χ1n) is 11.1. The Morgan fingerprint density at radius 1 is 0.625 bits per heavy atom. The van der Waals surface area contributed by atoms with Crippen LogP contribution in [-0.4, -0.2) is 21.5 Å². The van der Waals surface area contributed by atoms with Crippen LogP contribution < -0.4 is 15.4 Å². The smallest absolute Gasteiger partial charge is 0.288 e. The van der Waals surface area contributed by atoms with E-state index in [1.54, 1.807) is 0 Å².